The monoisotopic (exact) mass is 224 g/mol. The van der Waals surface area contributed by atoms with Crippen LogP contribution in [-0.4, -0.2) is 0 Å². The molecule has 0 atom stereocenters. The molecule has 0 fully saturated rings. The summed E-state index contributed by atoms with van der Waals surface area (Å²) < 4.78 is 0. The molecule has 0 bridgehead atoms. The highest BCUT2D eigenvalue weighted by molar-refractivity contribution is 6.02. The van der Waals surface area contributed by atoms with Crippen LogP contribution in [0.4, 0.5) is 22.7 Å². The van der Waals surface area contributed by atoms with Crippen molar-refractivity contribution in [3.05, 3.63) is 47.5 Å². The Morgan fingerprint density at radius 1 is 1.06 bits per heavy atom. The average molecular weight is 224 g/mol. The number of rotatable bonds is 3. The summed E-state index contributed by atoms with van der Waals surface area (Å²) in [6.45, 7) is 4.29. The van der Waals surface area contributed by atoms with E-state index in [4.69, 9.17) is 0 Å². The third-order valence-electron chi connectivity index (χ3n) is 3.19. The Bertz CT molecular complexity index is 556. The third-order valence-corrected chi connectivity index (χ3v) is 3.19. The van der Waals surface area contributed by atoms with Crippen molar-refractivity contribution in [3.63, 3.8) is 0 Å². The van der Waals surface area contributed by atoms with Gasteiger partial charge in [-0.3, -0.25) is 0 Å². The quantitative estimate of drug-likeness (QED) is 0.648. The molecule has 1 heterocycles. The molecule has 0 aromatic heterocycles. The smallest absolute Gasteiger partial charge is 0.0866 e. The maximum atomic E-state index is 3.51. The Morgan fingerprint density at radius 2 is 1.82 bits per heavy atom. The van der Waals surface area contributed by atoms with Crippen molar-refractivity contribution >= 4 is 22.7 Å². The van der Waals surface area contributed by atoms with Gasteiger partial charge in [0, 0.05) is 5.69 Å². The summed E-state index contributed by atoms with van der Waals surface area (Å²) in [5, 5.41) is 6.81. The van der Waals surface area contributed by atoms with Gasteiger partial charge in [-0.15, -0.1) is 0 Å². The van der Waals surface area contributed by atoms with Crippen molar-refractivity contribution in [3.8, 4) is 0 Å². The molecule has 2 aromatic carbocycles. The van der Waals surface area contributed by atoms with E-state index in [9.17, 15) is 0 Å². The molecule has 0 spiro atoms. The molecule has 2 nitrogen and oxygen atoms in total. The van der Waals surface area contributed by atoms with Gasteiger partial charge in [-0.2, -0.15) is 0 Å². The molecule has 2 heteroatoms. The first-order chi connectivity index (χ1) is 8.28. The Labute approximate surface area is 102 Å². The number of fused-ring (bicyclic) bond motifs is 1. The summed E-state index contributed by atoms with van der Waals surface area (Å²) in [5.41, 5.74) is 7.52. The van der Waals surface area contributed by atoms with E-state index in [0.29, 0.717) is 0 Å². The van der Waals surface area contributed by atoms with E-state index >= 15 is 0 Å². The Hall–Kier alpha value is -1.96. The fraction of sp³-hybridized carbons (Fsp3) is 0.200. The molecule has 0 aliphatic carbocycles. The van der Waals surface area contributed by atoms with E-state index in [1.165, 1.54) is 28.2 Å². The van der Waals surface area contributed by atoms with Gasteiger partial charge in [0.25, 0.3) is 0 Å². The summed E-state index contributed by atoms with van der Waals surface area (Å²) in [6.07, 6.45) is 1.04. The van der Waals surface area contributed by atoms with Gasteiger partial charge in [0.05, 0.1) is 17.1 Å². The lowest BCUT2D eigenvalue weighted by molar-refractivity contribution is 1.15. The molecule has 3 rings (SSSR count). The molecule has 1 aliphatic rings. The predicted molar refractivity (Wildman–Crippen MR) is 73.6 cm³/mol. The van der Waals surface area contributed by atoms with Gasteiger partial charge >= 0.3 is 0 Å². The van der Waals surface area contributed by atoms with Crippen LogP contribution in [0, 0.1) is 6.92 Å². The zero-order valence-corrected chi connectivity index (χ0v) is 10.2. The second-order valence-corrected chi connectivity index (χ2v) is 4.49. The van der Waals surface area contributed by atoms with Crippen LogP contribution in [0.2, 0.25) is 0 Å². The Kier molecular flexibility index (Phi) is 2.29. The number of hydrogen-bond acceptors (Lipinski definition) is 2. The molecule has 0 amide bonds. The van der Waals surface area contributed by atoms with Crippen LogP contribution < -0.4 is 10.6 Å². The molecule has 2 N–H and O–H groups in total. The van der Waals surface area contributed by atoms with Crippen molar-refractivity contribution in [2.75, 3.05) is 10.6 Å². The number of hydrogen-bond donors (Lipinski definition) is 2. The van der Waals surface area contributed by atoms with E-state index in [-0.39, 0.29) is 0 Å². The van der Waals surface area contributed by atoms with Gasteiger partial charge in [0.15, 0.2) is 0 Å². The lowest BCUT2D eigenvalue weighted by atomic mass is 10.1. The van der Waals surface area contributed by atoms with Gasteiger partial charge < -0.3 is 10.6 Å². The van der Waals surface area contributed by atoms with Crippen molar-refractivity contribution in [1.82, 2.24) is 0 Å². The van der Waals surface area contributed by atoms with E-state index in [1.54, 1.807) is 0 Å². The van der Waals surface area contributed by atoms with Gasteiger partial charge in [0.2, 0.25) is 0 Å². The van der Waals surface area contributed by atoms with Crippen LogP contribution in [0.5, 0.6) is 0 Å². The number of benzene rings is 2. The second kappa shape index (κ2) is 3.81. The Balaban J connectivity index is 1.93. The maximum absolute atomic E-state index is 3.51. The molecule has 86 valence electrons. The standard InChI is InChI=1S/C15H16N2/c1-3-11-6-9-13-15(17-13)14(11)16-12-7-4-10(2)5-8-12/h4-9,16-17H,3H2,1-2H3. The molecule has 17 heavy (non-hydrogen) atoms. The first-order valence-corrected chi connectivity index (χ1v) is 6.04. The molecule has 1 aliphatic heterocycles. The number of aryl methyl sites for hydroxylation is 2. The molecular weight excluding hydrogens is 208 g/mol. The highest BCUT2D eigenvalue weighted by atomic mass is 15.1. The molecule has 2 aromatic rings. The molecule has 0 saturated carbocycles. The first kappa shape index (κ1) is 10.2. The SMILES string of the molecule is CCc1ccc2c(c1Nc1ccc(C)cc1)N2. The van der Waals surface area contributed by atoms with E-state index in [2.05, 4.69) is 60.9 Å². The summed E-state index contributed by atoms with van der Waals surface area (Å²) in [7, 11) is 0. The van der Waals surface area contributed by atoms with Crippen LogP contribution in [0.25, 0.3) is 0 Å². The minimum absolute atomic E-state index is 1.04. The van der Waals surface area contributed by atoms with Crippen molar-refractivity contribution in [1.29, 1.82) is 0 Å². The minimum atomic E-state index is 1.04. The van der Waals surface area contributed by atoms with Crippen LogP contribution in [-0.2, 0) is 6.42 Å². The van der Waals surface area contributed by atoms with Gasteiger partial charge in [-0.1, -0.05) is 30.7 Å². The lowest BCUT2D eigenvalue weighted by Gasteiger charge is -2.10. The van der Waals surface area contributed by atoms with E-state index < -0.39 is 0 Å². The normalized spacial score (nSPS) is 11.6. The van der Waals surface area contributed by atoms with Crippen LogP contribution >= 0.6 is 0 Å². The van der Waals surface area contributed by atoms with Crippen LogP contribution in [0.15, 0.2) is 36.4 Å². The third kappa shape index (κ3) is 1.86. The van der Waals surface area contributed by atoms with E-state index in [0.717, 1.165) is 12.1 Å². The van der Waals surface area contributed by atoms with Gasteiger partial charge in [-0.05, 0) is 37.1 Å². The van der Waals surface area contributed by atoms with Crippen molar-refractivity contribution in [2.45, 2.75) is 20.3 Å². The fourth-order valence-corrected chi connectivity index (χ4v) is 2.07. The van der Waals surface area contributed by atoms with Crippen LogP contribution in [0.1, 0.15) is 18.1 Å². The van der Waals surface area contributed by atoms with Gasteiger partial charge in [0.1, 0.15) is 0 Å². The highest BCUT2D eigenvalue weighted by Crippen LogP contribution is 2.48. The van der Waals surface area contributed by atoms with Crippen LogP contribution in [0.3, 0.4) is 0 Å². The summed E-state index contributed by atoms with van der Waals surface area (Å²) in [4.78, 5) is 0. The molecular formula is C15H16N2. The Morgan fingerprint density at radius 3 is 2.53 bits per heavy atom. The van der Waals surface area contributed by atoms with Crippen molar-refractivity contribution < 1.29 is 0 Å². The molecule has 0 saturated heterocycles. The van der Waals surface area contributed by atoms with Crippen molar-refractivity contribution in [2.24, 2.45) is 0 Å². The highest BCUT2D eigenvalue weighted by Gasteiger charge is 2.22. The topological polar surface area (TPSA) is 34.0 Å². The first-order valence-electron chi connectivity index (χ1n) is 6.04. The number of anilines is 4. The second-order valence-electron chi connectivity index (χ2n) is 4.49. The lowest BCUT2D eigenvalue weighted by Crippen LogP contribution is -1.93. The molecule has 0 unspecified atom stereocenters. The fourth-order valence-electron chi connectivity index (χ4n) is 2.07. The van der Waals surface area contributed by atoms with Gasteiger partial charge in [-0.25, -0.2) is 0 Å². The zero-order valence-electron chi connectivity index (χ0n) is 10.2. The minimum Gasteiger partial charge on any atom is -0.354 e. The summed E-state index contributed by atoms with van der Waals surface area (Å²) in [5.74, 6) is 0. The number of nitrogens with one attached hydrogen (secondary N) is 2. The zero-order chi connectivity index (χ0) is 11.8. The maximum Gasteiger partial charge on any atom is 0.0866 e. The summed E-state index contributed by atoms with van der Waals surface area (Å²) in [6, 6.07) is 12.8. The average Bonchev–Trinajstić information content (AvgIpc) is 3.12. The predicted octanol–water partition coefficient (Wildman–Crippen LogP) is 4.36. The van der Waals surface area contributed by atoms with E-state index in [1.807, 2.05) is 0 Å². The summed E-state index contributed by atoms with van der Waals surface area (Å²) >= 11 is 0. The molecule has 0 radical (unpaired) electrons. The largest absolute Gasteiger partial charge is 0.354 e.